The van der Waals surface area contributed by atoms with Crippen LogP contribution in [0.2, 0.25) is 0 Å². The van der Waals surface area contributed by atoms with E-state index in [2.05, 4.69) is 22.0 Å². The predicted molar refractivity (Wildman–Crippen MR) is 87.6 cm³/mol. The van der Waals surface area contributed by atoms with E-state index in [0.29, 0.717) is 0 Å². The SMILES string of the molecule is O=C(c1ccc(Br)cc1)N1CCCSc2ccccc21. The molecular formula is C16H14BrNOS. The minimum Gasteiger partial charge on any atom is -0.307 e. The van der Waals surface area contributed by atoms with Crippen molar-refractivity contribution in [1.29, 1.82) is 0 Å². The van der Waals surface area contributed by atoms with Gasteiger partial charge < -0.3 is 4.90 Å². The molecule has 0 unspecified atom stereocenters. The minimum atomic E-state index is 0.0763. The maximum Gasteiger partial charge on any atom is 0.258 e. The zero-order valence-corrected chi connectivity index (χ0v) is 13.3. The van der Waals surface area contributed by atoms with Crippen LogP contribution in [-0.2, 0) is 0 Å². The average molecular weight is 348 g/mol. The number of anilines is 1. The van der Waals surface area contributed by atoms with Gasteiger partial charge >= 0.3 is 0 Å². The lowest BCUT2D eigenvalue weighted by molar-refractivity contribution is 0.0986. The molecule has 0 bridgehead atoms. The van der Waals surface area contributed by atoms with Crippen LogP contribution in [0.25, 0.3) is 0 Å². The van der Waals surface area contributed by atoms with Crippen molar-refractivity contribution in [3.8, 4) is 0 Å². The third kappa shape index (κ3) is 2.76. The fourth-order valence-electron chi connectivity index (χ4n) is 2.29. The van der Waals surface area contributed by atoms with Crippen LogP contribution in [0.4, 0.5) is 5.69 Å². The Balaban J connectivity index is 1.97. The number of fused-ring (bicyclic) bond motifs is 1. The second-order valence-corrected chi connectivity index (χ2v) is 6.69. The second kappa shape index (κ2) is 6.02. The van der Waals surface area contributed by atoms with Crippen molar-refractivity contribution in [2.24, 2.45) is 0 Å². The number of halogens is 1. The predicted octanol–water partition coefficient (Wildman–Crippen LogP) is 4.59. The summed E-state index contributed by atoms with van der Waals surface area (Å²) >= 11 is 5.23. The van der Waals surface area contributed by atoms with Crippen molar-refractivity contribution in [2.45, 2.75) is 11.3 Å². The molecule has 1 amide bonds. The van der Waals surface area contributed by atoms with Gasteiger partial charge in [0.25, 0.3) is 5.91 Å². The average Bonchev–Trinajstić information content (AvgIpc) is 2.69. The Morgan fingerprint density at radius 2 is 1.85 bits per heavy atom. The van der Waals surface area contributed by atoms with E-state index >= 15 is 0 Å². The molecule has 0 atom stereocenters. The van der Waals surface area contributed by atoms with Gasteiger partial charge in [-0.3, -0.25) is 4.79 Å². The highest BCUT2D eigenvalue weighted by molar-refractivity contribution is 9.10. The van der Waals surface area contributed by atoms with E-state index in [0.717, 1.165) is 34.4 Å². The number of carbonyl (C=O) groups is 1. The molecule has 0 fully saturated rings. The van der Waals surface area contributed by atoms with Gasteiger partial charge in [-0.25, -0.2) is 0 Å². The van der Waals surface area contributed by atoms with Crippen molar-refractivity contribution >= 4 is 39.3 Å². The van der Waals surface area contributed by atoms with Crippen molar-refractivity contribution < 1.29 is 4.79 Å². The zero-order chi connectivity index (χ0) is 13.9. The van der Waals surface area contributed by atoms with Gasteiger partial charge in [0, 0.05) is 21.5 Å². The lowest BCUT2D eigenvalue weighted by Gasteiger charge is -2.22. The van der Waals surface area contributed by atoms with Gasteiger partial charge in [-0.15, -0.1) is 11.8 Å². The molecule has 2 aromatic carbocycles. The quantitative estimate of drug-likeness (QED) is 0.751. The van der Waals surface area contributed by atoms with Gasteiger partial charge in [0.1, 0.15) is 0 Å². The summed E-state index contributed by atoms with van der Waals surface area (Å²) in [5.41, 5.74) is 1.76. The molecule has 1 heterocycles. The van der Waals surface area contributed by atoms with E-state index in [4.69, 9.17) is 0 Å². The molecule has 20 heavy (non-hydrogen) atoms. The summed E-state index contributed by atoms with van der Waals surface area (Å²) in [6, 6.07) is 15.7. The summed E-state index contributed by atoms with van der Waals surface area (Å²) in [5.74, 6) is 1.13. The normalized spacial score (nSPS) is 14.6. The molecule has 2 nitrogen and oxygen atoms in total. The molecule has 0 radical (unpaired) electrons. The Bertz CT molecular complexity index is 627. The molecule has 0 saturated heterocycles. The van der Waals surface area contributed by atoms with E-state index in [1.54, 1.807) is 0 Å². The molecule has 1 aliphatic heterocycles. The summed E-state index contributed by atoms with van der Waals surface area (Å²) in [6.07, 6.45) is 1.02. The molecule has 102 valence electrons. The third-order valence-corrected chi connectivity index (χ3v) is 4.95. The first-order valence-corrected chi connectivity index (χ1v) is 8.33. The molecule has 1 aliphatic rings. The number of hydrogen-bond acceptors (Lipinski definition) is 2. The number of para-hydroxylation sites is 1. The van der Waals surface area contributed by atoms with Gasteiger partial charge in [0.15, 0.2) is 0 Å². The molecule has 2 aromatic rings. The maximum atomic E-state index is 12.7. The number of benzene rings is 2. The van der Waals surface area contributed by atoms with Gasteiger partial charge in [-0.2, -0.15) is 0 Å². The van der Waals surface area contributed by atoms with Crippen molar-refractivity contribution in [3.63, 3.8) is 0 Å². The first-order valence-electron chi connectivity index (χ1n) is 6.55. The van der Waals surface area contributed by atoms with Gasteiger partial charge in [-0.05, 0) is 48.6 Å². The van der Waals surface area contributed by atoms with Crippen LogP contribution in [0, 0.1) is 0 Å². The minimum absolute atomic E-state index is 0.0763. The maximum absolute atomic E-state index is 12.7. The topological polar surface area (TPSA) is 20.3 Å². The fourth-order valence-corrected chi connectivity index (χ4v) is 3.55. The lowest BCUT2D eigenvalue weighted by Crippen LogP contribution is -2.31. The number of thioether (sulfide) groups is 1. The fraction of sp³-hybridized carbons (Fsp3) is 0.188. The van der Waals surface area contributed by atoms with Crippen LogP contribution < -0.4 is 4.90 Å². The lowest BCUT2D eigenvalue weighted by atomic mass is 10.1. The monoisotopic (exact) mass is 347 g/mol. The highest BCUT2D eigenvalue weighted by Gasteiger charge is 2.22. The number of hydrogen-bond donors (Lipinski definition) is 0. The molecule has 3 rings (SSSR count). The largest absolute Gasteiger partial charge is 0.307 e. The van der Waals surface area contributed by atoms with Gasteiger partial charge in [-0.1, -0.05) is 28.1 Å². The van der Waals surface area contributed by atoms with E-state index < -0.39 is 0 Å². The van der Waals surface area contributed by atoms with Crippen LogP contribution in [0.5, 0.6) is 0 Å². The summed E-state index contributed by atoms with van der Waals surface area (Å²) in [4.78, 5) is 15.8. The van der Waals surface area contributed by atoms with Gasteiger partial charge in [0.2, 0.25) is 0 Å². The Hall–Kier alpha value is -1.26. The van der Waals surface area contributed by atoms with Crippen molar-refractivity contribution in [3.05, 3.63) is 58.6 Å². The highest BCUT2D eigenvalue weighted by atomic mass is 79.9. The summed E-state index contributed by atoms with van der Waals surface area (Å²) in [7, 11) is 0. The van der Waals surface area contributed by atoms with Gasteiger partial charge in [0.05, 0.1) is 5.69 Å². The van der Waals surface area contributed by atoms with E-state index in [9.17, 15) is 4.79 Å². The first kappa shape index (κ1) is 13.7. The number of rotatable bonds is 1. The Kier molecular flexibility index (Phi) is 4.13. The molecule has 0 aromatic heterocycles. The highest BCUT2D eigenvalue weighted by Crippen LogP contribution is 2.34. The molecule has 0 saturated carbocycles. The Morgan fingerprint density at radius 1 is 1.10 bits per heavy atom. The molecule has 4 heteroatoms. The molecule has 0 spiro atoms. The molecular weight excluding hydrogens is 334 g/mol. The van der Waals surface area contributed by atoms with E-state index in [1.165, 1.54) is 4.90 Å². The van der Waals surface area contributed by atoms with Crippen LogP contribution in [-0.4, -0.2) is 18.2 Å². The van der Waals surface area contributed by atoms with Crippen molar-refractivity contribution in [2.75, 3.05) is 17.2 Å². The number of amides is 1. The van der Waals surface area contributed by atoms with Crippen LogP contribution in [0.15, 0.2) is 57.9 Å². The zero-order valence-electron chi connectivity index (χ0n) is 10.9. The Morgan fingerprint density at radius 3 is 2.65 bits per heavy atom. The number of carbonyl (C=O) groups excluding carboxylic acids is 1. The van der Waals surface area contributed by atoms with Crippen LogP contribution in [0.3, 0.4) is 0 Å². The number of nitrogens with zero attached hydrogens (tertiary/aromatic N) is 1. The first-order chi connectivity index (χ1) is 9.75. The van der Waals surface area contributed by atoms with E-state index in [-0.39, 0.29) is 5.91 Å². The standard InChI is InChI=1S/C16H14BrNOS/c17-13-8-6-12(7-9-13)16(19)18-10-3-11-20-15-5-2-1-4-14(15)18/h1-2,4-9H,3,10-11H2. The van der Waals surface area contributed by atoms with Crippen molar-refractivity contribution in [1.82, 2.24) is 0 Å². The molecule has 0 aliphatic carbocycles. The summed E-state index contributed by atoms with van der Waals surface area (Å²) in [6.45, 7) is 0.777. The second-order valence-electron chi connectivity index (χ2n) is 4.63. The summed E-state index contributed by atoms with van der Waals surface area (Å²) < 4.78 is 0.987. The van der Waals surface area contributed by atoms with Crippen LogP contribution >= 0.6 is 27.7 Å². The Labute approximate surface area is 131 Å². The molecule has 0 N–H and O–H groups in total. The third-order valence-electron chi connectivity index (χ3n) is 3.28. The smallest absolute Gasteiger partial charge is 0.258 e. The van der Waals surface area contributed by atoms with Crippen LogP contribution in [0.1, 0.15) is 16.8 Å². The van der Waals surface area contributed by atoms with E-state index in [1.807, 2.05) is 59.1 Å². The summed E-state index contributed by atoms with van der Waals surface area (Å²) in [5, 5.41) is 0.